The standard InChI is InChI=1S/C20H20N2O/c1-2-3-12-20(16-10-6-4-9-15(16)19(23)22-20)17-13-21-18-11-7-5-8-14(17)18/h4-11,13,21H,2-3,12H2,1H3,(H,22,23)/t20-/m1/s1. The van der Waals surface area contributed by atoms with E-state index in [2.05, 4.69) is 47.7 Å². The second-order valence-corrected chi connectivity index (χ2v) is 6.26. The third-order valence-electron chi connectivity index (χ3n) is 4.91. The number of carbonyl (C=O) groups is 1. The van der Waals surface area contributed by atoms with Gasteiger partial charge in [0.2, 0.25) is 0 Å². The summed E-state index contributed by atoms with van der Waals surface area (Å²) in [6.07, 6.45) is 5.13. The summed E-state index contributed by atoms with van der Waals surface area (Å²) in [7, 11) is 0. The van der Waals surface area contributed by atoms with Gasteiger partial charge in [-0.25, -0.2) is 0 Å². The Morgan fingerprint density at radius 3 is 2.65 bits per heavy atom. The van der Waals surface area contributed by atoms with Crippen LogP contribution < -0.4 is 5.32 Å². The van der Waals surface area contributed by atoms with Gasteiger partial charge in [-0.05, 0) is 24.1 Å². The SMILES string of the molecule is CCCC[C@@]1(c2c[nH]c3ccccc23)NC(=O)c2ccccc21. The number of rotatable bonds is 4. The topological polar surface area (TPSA) is 44.9 Å². The van der Waals surface area contributed by atoms with Gasteiger partial charge < -0.3 is 10.3 Å². The fourth-order valence-electron chi connectivity index (χ4n) is 3.79. The number of aromatic nitrogens is 1. The highest BCUT2D eigenvalue weighted by molar-refractivity contribution is 6.02. The van der Waals surface area contributed by atoms with Crippen LogP contribution >= 0.6 is 0 Å². The Morgan fingerprint density at radius 1 is 1.00 bits per heavy atom. The predicted molar refractivity (Wildman–Crippen MR) is 92.5 cm³/mol. The lowest BCUT2D eigenvalue weighted by molar-refractivity contribution is 0.0937. The number of nitrogens with one attached hydrogen (secondary N) is 2. The number of carbonyl (C=O) groups excluding carboxylic acids is 1. The van der Waals surface area contributed by atoms with E-state index in [0.29, 0.717) is 0 Å². The van der Waals surface area contributed by atoms with Gasteiger partial charge in [-0.2, -0.15) is 0 Å². The van der Waals surface area contributed by atoms with Gasteiger partial charge in [-0.1, -0.05) is 56.2 Å². The molecule has 1 atom stereocenters. The molecule has 0 fully saturated rings. The summed E-state index contributed by atoms with van der Waals surface area (Å²) in [5, 5.41) is 4.48. The first-order valence-corrected chi connectivity index (χ1v) is 8.25. The van der Waals surface area contributed by atoms with E-state index in [4.69, 9.17) is 0 Å². The van der Waals surface area contributed by atoms with Crippen molar-refractivity contribution in [1.29, 1.82) is 0 Å². The van der Waals surface area contributed by atoms with E-state index < -0.39 is 5.54 Å². The zero-order valence-corrected chi connectivity index (χ0v) is 13.2. The second kappa shape index (κ2) is 5.27. The third kappa shape index (κ3) is 2.00. The average molecular weight is 304 g/mol. The Bertz CT molecular complexity index is 880. The fourth-order valence-corrected chi connectivity index (χ4v) is 3.79. The van der Waals surface area contributed by atoms with E-state index in [9.17, 15) is 4.79 Å². The molecule has 1 aliphatic rings. The Hall–Kier alpha value is -2.55. The molecule has 3 nitrogen and oxygen atoms in total. The third-order valence-corrected chi connectivity index (χ3v) is 4.91. The Kier molecular flexibility index (Phi) is 3.22. The van der Waals surface area contributed by atoms with E-state index in [1.54, 1.807) is 0 Å². The molecule has 0 unspecified atom stereocenters. The molecule has 0 spiro atoms. The Balaban J connectivity index is 1.97. The number of aromatic amines is 1. The van der Waals surface area contributed by atoms with Crippen LogP contribution in [0.25, 0.3) is 10.9 Å². The minimum Gasteiger partial charge on any atom is -0.361 e. The van der Waals surface area contributed by atoms with Crippen molar-refractivity contribution >= 4 is 16.8 Å². The van der Waals surface area contributed by atoms with Gasteiger partial charge in [0, 0.05) is 28.2 Å². The molecule has 0 saturated heterocycles. The van der Waals surface area contributed by atoms with Gasteiger partial charge >= 0.3 is 0 Å². The molecule has 4 rings (SSSR count). The van der Waals surface area contributed by atoms with E-state index in [0.717, 1.165) is 35.9 Å². The maximum Gasteiger partial charge on any atom is 0.252 e. The van der Waals surface area contributed by atoms with Crippen LogP contribution in [0.3, 0.4) is 0 Å². The minimum absolute atomic E-state index is 0.0296. The van der Waals surface area contributed by atoms with Gasteiger partial charge in [0.15, 0.2) is 0 Å². The van der Waals surface area contributed by atoms with Crippen LogP contribution in [0.15, 0.2) is 54.7 Å². The first-order valence-electron chi connectivity index (χ1n) is 8.25. The number of H-pyrrole nitrogens is 1. The van der Waals surface area contributed by atoms with Gasteiger partial charge in [-0.3, -0.25) is 4.79 Å². The van der Waals surface area contributed by atoms with E-state index in [-0.39, 0.29) is 5.91 Å². The normalized spacial score (nSPS) is 19.8. The molecule has 0 aliphatic carbocycles. The molecule has 2 aromatic carbocycles. The highest BCUT2D eigenvalue weighted by atomic mass is 16.2. The largest absolute Gasteiger partial charge is 0.361 e. The molecule has 116 valence electrons. The average Bonchev–Trinajstić information content (AvgIpc) is 3.14. The van der Waals surface area contributed by atoms with Crippen molar-refractivity contribution in [3.05, 3.63) is 71.4 Å². The van der Waals surface area contributed by atoms with Crippen molar-refractivity contribution in [2.24, 2.45) is 0 Å². The molecule has 2 N–H and O–H groups in total. The molecular formula is C20H20N2O. The number of hydrogen-bond acceptors (Lipinski definition) is 1. The number of para-hydroxylation sites is 1. The van der Waals surface area contributed by atoms with E-state index in [1.165, 1.54) is 10.9 Å². The number of amides is 1. The summed E-state index contributed by atoms with van der Waals surface area (Å²) in [6.45, 7) is 2.19. The van der Waals surface area contributed by atoms with Crippen LogP contribution in [0.5, 0.6) is 0 Å². The first-order chi connectivity index (χ1) is 11.3. The van der Waals surface area contributed by atoms with Crippen molar-refractivity contribution < 1.29 is 4.79 Å². The number of fused-ring (bicyclic) bond motifs is 2. The van der Waals surface area contributed by atoms with Gasteiger partial charge in [-0.15, -0.1) is 0 Å². The molecule has 1 aliphatic heterocycles. The van der Waals surface area contributed by atoms with Gasteiger partial charge in [0.1, 0.15) is 0 Å². The van der Waals surface area contributed by atoms with Crippen molar-refractivity contribution in [1.82, 2.24) is 10.3 Å². The molecule has 3 aromatic rings. The Morgan fingerprint density at radius 2 is 1.78 bits per heavy atom. The molecule has 23 heavy (non-hydrogen) atoms. The molecule has 1 amide bonds. The fraction of sp³-hybridized carbons (Fsp3) is 0.250. The van der Waals surface area contributed by atoms with Crippen molar-refractivity contribution in [3.8, 4) is 0 Å². The summed E-state index contributed by atoms with van der Waals surface area (Å²) in [5.74, 6) is 0.0296. The minimum atomic E-state index is -0.427. The number of benzene rings is 2. The number of hydrogen-bond donors (Lipinski definition) is 2. The highest BCUT2D eigenvalue weighted by Crippen LogP contribution is 2.43. The Labute approximate surface area is 135 Å². The summed E-state index contributed by atoms with van der Waals surface area (Å²) in [4.78, 5) is 15.9. The van der Waals surface area contributed by atoms with E-state index >= 15 is 0 Å². The zero-order chi connectivity index (χ0) is 15.9. The van der Waals surface area contributed by atoms with Crippen LogP contribution in [0.4, 0.5) is 0 Å². The summed E-state index contributed by atoms with van der Waals surface area (Å²) in [6, 6.07) is 16.3. The van der Waals surface area contributed by atoms with Crippen LogP contribution in [0.2, 0.25) is 0 Å². The van der Waals surface area contributed by atoms with Crippen molar-refractivity contribution in [2.45, 2.75) is 31.7 Å². The van der Waals surface area contributed by atoms with Crippen molar-refractivity contribution in [2.75, 3.05) is 0 Å². The lowest BCUT2D eigenvalue weighted by atomic mass is 9.79. The lowest BCUT2D eigenvalue weighted by Gasteiger charge is -2.30. The van der Waals surface area contributed by atoms with E-state index in [1.807, 2.05) is 24.3 Å². The first kappa shape index (κ1) is 14.1. The van der Waals surface area contributed by atoms with Crippen molar-refractivity contribution in [3.63, 3.8) is 0 Å². The summed E-state index contributed by atoms with van der Waals surface area (Å²) in [5.41, 5.74) is 3.75. The number of unbranched alkanes of at least 4 members (excludes halogenated alkanes) is 1. The quantitative estimate of drug-likeness (QED) is 0.739. The van der Waals surface area contributed by atoms with Gasteiger partial charge in [0.05, 0.1) is 5.54 Å². The zero-order valence-electron chi connectivity index (χ0n) is 13.2. The molecule has 0 saturated carbocycles. The smallest absolute Gasteiger partial charge is 0.252 e. The van der Waals surface area contributed by atoms with Crippen LogP contribution in [-0.2, 0) is 5.54 Å². The molecule has 0 radical (unpaired) electrons. The maximum atomic E-state index is 12.6. The lowest BCUT2D eigenvalue weighted by Crippen LogP contribution is -2.40. The molecule has 1 aromatic heterocycles. The second-order valence-electron chi connectivity index (χ2n) is 6.26. The summed E-state index contributed by atoms with van der Waals surface area (Å²) < 4.78 is 0. The van der Waals surface area contributed by atoms with Gasteiger partial charge in [0.25, 0.3) is 5.91 Å². The highest BCUT2D eigenvalue weighted by Gasteiger charge is 2.44. The summed E-state index contributed by atoms with van der Waals surface area (Å²) >= 11 is 0. The van der Waals surface area contributed by atoms with Crippen LogP contribution in [-0.4, -0.2) is 10.9 Å². The predicted octanol–water partition coefficient (Wildman–Crippen LogP) is 4.35. The molecule has 2 heterocycles. The van der Waals surface area contributed by atoms with Crippen LogP contribution in [0, 0.1) is 0 Å². The molecule has 3 heteroatoms. The van der Waals surface area contributed by atoms with Crippen LogP contribution in [0.1, 0.15) is 47.7 Å². The molecular weight excluding hydrogens is 284 g/mol. The monoisotopic (exact) mass is 304 g/mol. The maximum absolute atomic E-state index is 12.6. The molecule has 0 bridgehead atoms.